The third-order valence-electron chi connectivity index (χ3n) is 5.28. The number of benzene rings is 1. The van der Waals surface area contributed by atoms with Crippen molar-refractivity contribution in [3.8, 4) is 0 Å². The van der Waals surface area contributed by atoms with Crippen molar-refractivity contribution in [3.63, 3.8) is 0 Å². The highest BCUT2D eigenvalue weighted by Gasteiger charge is 2.69. The number of amides is 1. The quantitative estimate of drug-likeness (QED) is 0.449. The van der Waals surface area contributed by atoms with Gasteiger partial charge in [0.2, 0.25) is 0 Å². The normalized spacial score (nSPS) is 25.3. The highest BCUT2D eigenvalue weighted by Crippen LogP contribution is 2.64. The van der Waals surface area contributed by atoms with Crippen LogP contribution in [0, 0.1) is 5.41 Å². The second kappa shape index (κ2) is 7.06. The van der Waals surface area contributed by atoms with Gasteiger partial charge < -0.3 is 14.4 Å². The van der Waals surface area contributed by atoms with Gasteiger partial charge in [-0.3, -0.25) is 9.59 Å². The maximum Gasteiger partial charge on any atom is 0.320 e. The van der Waals surface area contributed by atoms with E-state index in [0.717, 1.165) is 0 Å². The number of ether oxygens (including phenoxy) is 2. The molecular weight excluding hydrogens is 448 g/mol. The van der Waals surface area contributed by atoms with Crippen molar-refractivity contribution in [1.29, 1.82) is 0 Å². The molecule has 0 bridgehead atoms. The van der Waals surface area contributed by atoms with Crippen LogP contribution in [-0.2, 0) is 19.1 Å². The van der Waals surface area contributed by atoms with E-state index >= 15 is 0 Å². The molecule has 152 valence electrons. The number of alkyl halides is 2. The first-order chi connectivity index (χ1) is 12.9. The fourth-order valence-electron chi connectivity index (χ4n) is 3.20. The molecule has 28 heavy (non-hydrogen) atoms. The number of nitrogens with zero attached hydrogens (tertiary/aromatic N) is 1. The fourth-order valence-corrected chi connectivity index (χ4v) is 4.39. The molecule has 0 saturated heterocycles. The minimum Gasteiger partial charge on any atom is -0.427 e. The summed E-state index contributed by atoms with van der Waals surface area (Å²) in [5.74, 6) is -0.806. The van der Waals surface area contributed by atoms with Crippen molar-refractivity contribution in [3.05, 3.63) is 39.6 Å². The number of hydrogen-bond donors (Lipinski definition) is 0. The lowest BCUT2D eigenvalue weighted by atomic mass is 9.98. The summed E-state index contributed by atoms with van der Waals surface area (Å²) in [4.78, 5) is 27.5. The van der Waals surface area contributed by atoms with E-state index in [-0.39, 0.29) is 35.4 Å². The van der Waals surface area contributed by atoms with Crippen molar-refractivity contribution in [2.45, 2.75) is 37.1 Å². The molecule has 0 spiro atoms. The minimum absolute atomic E-state index is 0.00775. The third-order valence-corrected chi connectivity index (χ3v) is 6.93. The Balaban J connectivity index is 2.11. The predicted octanol–water partition coefficient (Wildman–Crippen LogP) is 5.06. The van der Waals surface area contributed by atoms with Crippen LogP contribution in [0.15, 0.2) is 24.0 Å². The summed E-state index contributed by atoms with van der Waals surface area (Å²) in [7, 11) is 1.48. The van der Waals surface area contributed by atoms with Gasteiger partial charge in [-0.2, -0.15) is 0 Å². The Morgan fingerprint density at radius 3 is 2.32 bits per heavy atom. The van der Waals surface area contributed by atoms with Gasteiger partial charge in [-0.25, -0.2) is 0 Å². The Morgan fingerprint density at radius 1 is 1.21 bits per heavy atom. The van der Waals surface area contributed by atoms with Crippen LogP contribution in [-0.4, -0.2) is 40.5 Å². The predicted molar refractivity (Wildman–Crippen MR) is 109 cm³/mol. The van der Waals surface area contributed by atoms with Gasteiger partial charge in [-0.15, -0.1) is 23.2 Å². The van der Waals surface area contributed by atoms with Crippen LogP contribution in [0.4, 0.5) is 0 Å². The van der Waals surface area contributed by atoms with Crippen LogP contribution < -0.4 is 0 Å². The zero-order valence-electron chi connectivity index (χ0n) is 15.7. The molecule has 1 atom stereocenters. The maximum absolute atomic E-state index is 13.2. The van der Waals surface area contributed by atoms with Gasteiger partial charge in [0.05, 0.1) is 16.1 Å². The van der Waals surface area contributed by atoms with Crippen molar-refractivity contribution >= 4 is 63.9 Å². The van der Waals surface area contributed by atoms with Gasteiger partial charge >= 0.3 is 5.97 Å². The standard InChI is InChI=1S/C19H19Cl4NO4/c1-17(2)14(28-16(26)18(3)8-19(18,22)23)13(15(25)24(17)9-27-4)11-6-5-10(20)7-12(11)21/h5-7H,8-9H2,1-4H3. The Kier molecular flexibility index (Phi) is 5.48. The second-order valence-corrected chi connectivity index (χ2v) is 9.97. The first-order valence-electron chi connectivity index (χ1n) is 8.48. The molecule has 1 fully saturated rings. The molecule has 1 aromatic carbocycles. The first-order valence-corrected chi connectivity index (χ1v) is 9.99. The second-order valence-electron chi connectivity index (χ2n) is 7.64. The van der Waals surface area contributed by atoms with Crippen LogP contribution >= 0.6 is 46.4 Å². The molecule has 1 aliphatic heterocycles. The lowest BCUT2D eigenvalue weighted by Gasteiger charge is -2.32. The summed E-state index contributed by atoms with van der Waals surface area (Å²) in [6.45, 7) is 5.15. The summed E-state index contributed by atoms with van der Waals surface area (Å²) in [6.07, 6.45) is 0.266. The van der Waals surface area contributed by atoms with E-state index in [9.17, 15) is 9.59 Å². The molecule has 1 heterocycles. The van der Waals surface area contributed by atoms with E-state index in [2.05, 4.69) is 0 Å². The number of carbonyl (C=O) groups excluding carboxylic acids is 2. The Labute approximate surface area is 183 Å². The number of carbonyl (C=O) groups is 2. The van der Waals surface area contributed by atoms with E-state index in [1.165, 1.54) is 18.1 Å². The fraction of sp³-hybridized carbons (Fsp3) is 0.474. The molecule has 0 N–H and O–H groups in total. The Bertz CT molecular complexity index is 896. The number of hydrogen-bond acceptors (Lipinski definition) is 4. The monoisotopic (exact) mass is 465 g/mol. The van der Waals surface area contributed by atoms with Gasteiger partial charge in [0.25, 0.3) is 5.91 Å². The van der Waals surface area contributed by atoms with E-state index in [1.54, 1.807) is 32.9 Å². The Hall–Kier alpha value is -0.980. The van der Waals surface area contributed by atoms with E-state index < -0.39 is 21.3 Å². The lowest BCUT2D eigenvalue weighted by molar-refractivity contribution is -0.148. The molecule has 1 unspecified atom stereocenters. The molecule has 1 saturated carbocycles. The molecule has 0 aromatic heterocycles. The van der Waals surface area contributed by atoms with Crippen molar-refractivity contribution in [2.24, 2.45) is 5.41 Å². The van der Waals surface area contributed by atoms with Gasteiger partial charge in [0.1, 0.15) is 22.2 Å². The summed E-state index contributed by atoms with van der Waals surface area (Å²) in [6, 6.07) is 4.75. The molecular formula is C19H19Cl4NO4. The third kappa shape index (κ3) is 3.31. The van der Waals surface area contributed by atoms with Crippen LogP contribution in [0.3, 0.4) is 0 Å². The zero-order chi connectivity index (χ0) is 21.1. The average molecular weight is 467 g/mol. The summed E-state index contributed by atoms with van der Waals surface area (Å²) in [5.41, 5.74) is -1.43. The maximum atomic E-state index is 13.2. The number of rotatable bonds is 5. The number of halogens is 4. The van der Waals surface area contributed by atoms with Crippen LogP contribution in [0.25, 0.3) is 5.57 Å². The molecule has 1 aliphatic carbocycles. The van der Waals surface area contributed by atoms with Crippen LogP contribution in [0.1, 0.15) is 32.8 Å². The molecule has 2 aliphatic rings. The summed E-state index contributed by atoms with van der Waals surface area (Å²) < 4.78 is 9.73. The minimum atomic E-state index is -1.19. The smallest absolute Gasteiger partial charge is 0.320 e. The number of esters is 1. The lowest BCUT2D eigenvalue weighted by Crippen LogP contribution is -2.45. The summed E-state index contributed by atoms with van der Waals surface area (Å²) >= 11 is 24.6. The van der Waals surface area contributed by atoms with Crippen molar-refractivity contribution in [1.82, 2.24) is 4.90 Å². The van der Waals surface area contributed by atoms with E-state index in [1.807, 2.05) is 0 Å². The van der Waals surface area contributed by atoms with Gasteiger partial charge in [-0.05, 0) is 32.9 Å². The highest BCUT2D eigenvalue weighted by molar-refractivity contribution is 6.53. The van der Waals surface area contributed by atoms with Crippen molar-refractivity contribution in [2.75, 3.05) is 13.8 Å². The largest absolute Gasteiger partial charge is 0.427 e. The molecule has 3 rings (SSSR count). The molecule has 5 nitrogen and oxygen atoms in total. The van der Waals surface area contributed by atoms with Gasteiger partial charge in [0.15, 0.2) is 0 Å². The van der Waals surface area contributed by atoms with Gasteiger partial charge in [0, 0.05) is 24.1 Å². The van der Waals surface area contributed by atoms with Crippen LogP contribution in [0.5, 0.6) is 0 Å². The van der Waals surface area contributed by atoms with E-state index in [0.29, 0.717) is 10.6 Å². The average Bonchev–Trinajstić information content (AvgIpc) is 3.05. The topological polar surface area (TPSA) is 55.8 Å². The summed E-state index contributed by atoms with van der Waals surface area (Å²) in [5, 5.41) is 0.687. The molecule has 1 amide bonds. The van der Waals surface area contributed by atoms with E-state index in [4.69, 9.17) is 55.9 Å². The first kappa shape index (κ1) is 21.7. The van der Waals surface area contributed by atoms with Crippen molar-refractivity contribution < 1.29 is 19.1 Å². The Morgan fingerprint density at radius 2 is 1.82 bits per heavy atom. The van der Waals surface area contributed by atoms with Gasteiger partial charge in [-0.1, -0.05) is 29.3 Å². The van der Waals surface area contributed by atoms with Crippen LogP contribution in [0.2, 0.25) is 10.0 Å². The molecule has 9 heteroatoms. The molecule has 0 radical (unpaired) electrons. The zero-order valence-corrected chi connectivity index (χ0v) is 18.8. The number of methoxy groups -OCH3 is 1. The SMILES string of the molecule is COCN1C(=O)C(c2ccc(Cl)cc2Cl)=C(OC(=O)C2(C)CC2(Cl)Cl)C1(C)C. The highest BCUT2D eigenvalue weighted by atomic mass is 35.5. The molecule has 1 aromatic rings.